The van der Waals surface area contributed by atoms with Crippen LogP contribution in [-0.4, -0.2) is 37.3 Å². The lowest BCUT2D eigenvalue weighted by molar-refractivity contribution is -0.113. The second-order valence-corrected chi connectivity index (χ2v) is 9.19. The number of amides is 1. The molecule has 2 N–H and O–H groups in total. The van der Waals surface area contributed by atoms with E-state index in [1.165, 1.54) is 11.8 Å². The van der Waals surface area contributed by atoms with Crippen LogP contribution in [0.5, 0.6) is 0 Å². The Labute approximate surface area is 216 Å². The van der Waals surface area contributed by atoms with Crippen molar-refractivity contribution in [3.05, 3.63) is 94.8 Å². The van der Waals surface area contributed by atoms with Gasteiger partial charge in [0.1, 0.15) is 0 Å². The molecule has 3 aromatic carbocycles. The standard InChI is InChI=1S/C28H22N4O4S/c1-2-32-26(34)20-8-4-6-10-23(20)31-28(32)37-16-25(33)29-18-13-11-17(12-14-18)24-15-21(27(35)36)19-7-3-5-9-22(19)30-24/h3-15H,2,16H2,1H3,(H,29,33)(H,35,36). The number of carbonyl (C=O) groups is 2. The van der Waals surface area contributed by atoms with Gasteiger partial charge in [-0.25, -0.2) is 14.8 Å². The first-order valence-corrected chi connectivity index (χ1v) is 12.6. The van der Waals surface area contributed by atoms with Crippen molar-refractivity contribution >= 4 is 51.1 Å². The lowest BCUT2D eigenvalue weighted by Crippen LogP contribution is -2.23. The molecule has 1 amide bonds. The highest BCUT2D eigenvalue weighted by atomic mass is 32.2. The van der Waals surface area contributed by atoms with Crippen molar-refractivity contribution in [2.45, 2.75) is 18.6 Å². The first kappa shape index (κ1) is 24.2. The number of fused-ring (bicyclic) bond motifs is 2. The number of carbonyl (C=O) groups excluding carboxylic acids is 1. The van der Waals surface area contributed by atoms with Crippen LogP contribution in [0.15, 0.2) is 88.8 Å². The molecule has 0 bridgehead atoms. The molecule has 0 aliphatic rings. The zero-order chi connectivity index (χ0) is 25.9. The maximum Gasteiger partial charge on any atom is 0.336 e. The fraction of sp³-hybridized carbons (Fsp3) is 0.107. The van der Waals surface area contributed by atoms with Crippen molar-refractivity contribution < 1.29 is 14.7 Å². The minimum atomic E-state index is -1.02. The van der Waals surface area contributed by atoms with E-state index >= 15 is 0 Å². The predicted molar refractivity (Wildman–Crippen MR) is 145 cm³/mol. The van der Waals surface area contributed by atoms with E-state index in [4.69, 9.17) is 0 Å². The molecule has 0 radical (unpaired) electrons. The van der Waals surface area contributed by atoms with Crippen LogP contribution in [0, 0.1) is 0 Å². The van der Waals surface area contributed by atoms with Crippen LogP contribution in [0.2, 0.25) is 0 Å². The van der Waals surface area contributed by atoms with Crippen molar-refractivity contribution in [3.63, 3.8) is 0 Å². The molecule has 5 rings (SSSR count). The van der Waals surface area contributed by atoms with E-state index in [0.717, 1.165) is 5.56 Å². The van der Waals surface area contributed by atoms with Crippen molar-refractivity contribution in [3.8, 4) is 11.3 Å². The summed E-state index contributed by atoms with van der Waals surface area (Å²) in [4.78, 5) is 46.3. The highest BCUT2D eigenvalue weighted by Gasteiger charge is 2.14. The van der Waals surface area contributed by atoms with Gasteiger partial charge in [0.2, 0.25) is 5.91 Å². The quantitative estimate of drug-likeness (QED) is 0.232. The van der Waals surface area contributed by atoms with Gasteiger partial charge in [0.15, 0.2) is 5.16 Å². The van der Waals surface area contributed by atoms with E-state index in [0.29, 0.717) is 44.9 Å². The molecule has 0 saturated carbocycles. The Hall–Kier alpha value is -4.50. The number of thioether (sulfide) groups is 1. The number of hydrogen-bond acceptors (Lipinski definition) is 6. The number of benzene rings is 3. The molecule has 0 spiro atoms. The minimum absolute atomic E-state index is 0.0841. The number of carboxylic acids is 1. The topological polar surface area (TPSA) is 114 Å². The van der Waals surface area contributed by atoms with Gasteiger partial charge in [0.05, 0.1) is 33.4 Å². The van der Waals surface area contributed by atoms with Crippen molar-refractivity contribution in [1.29, 1.82) is 0 Å². The molecule has 9 heteroatoms. The number of hydrogen-bond donors (Lipinski definition) is 2. The van der Waals surface area contributed by atoms with Crippen LogP contribution in [0.3, 0.4) is 0 Å². The Bertz CT molecular complexity index is 1710. The summed E-state index contributed by atoms with van der Waals surface area (Å²) >= 11 is 1.21. The molecule has 0 fully saturated rings. The molecule has 8 nitrogen and oxygen atoms in total. The Morgan fingerprint density at radius 2 is 1.57 bits per heavy atom. The van der Waals surface area contributed by atoms with Crippen molar-refractivity contribution in [2.24, 2.45) is 0 Å². The molecule has 0 aliphatic heterocycles. The number of pyridine rings is 1. The van der Waals surface area contributed by atoms with E-state index in [1.54, 1.807) is 71.3 Å². The van der Waals surface area contributed by atoms with Crippen LogP contribution in [-0.2, 0) is 11.3 Å². The first-order chi connectivity index (χ1) is 17.9. The highest BCUT2D eigenvalue weighted by Crippen LogP contribution is 2.26. The van der Waals surface area contributed by atoms with Crippen LogP contribution in [0.1, 0.15) is 17.3 Å². The zero-order valence-electron chi connectivity index (χ0n) is 19.8. The second kappa shape index (κ2) is 10.2. The highest BCUT2D eigenvalue weighted by molar-refractivity contribution is 7.99. The van der Waals surface area contributed by atoms with Crippen LogP contribution in [0.25, 0.3) is 33.1 Å². The Balaban J connectivity index is 1.31. The summed E-state index contributed by atoms with van der Waals surface area (Å²) in [6.45, 7) is 2.32. The van der Waals surface area contributed by atoms with Crippen LogP contribution >= 0.6 is 11.8 Å². The maximum atomic E-state index is 12.8. The summed E-state index contributed by atoms with van der Waals surface area (Å²) in [5.74, 6) is -1.17. The molecule has 0 saturated heterocycles. The molecule has 184 valence electrons. The molecule has 37 heavy (non-hydrogen) atoms. The fourth-order valence-electron chi connectivity index (χ4n) is 4.09. The average molecular weight is 511 g/mol. The van der Waals surface area contributed by atoms with Crippen LogP contribution < -0.4 is 10.9 Å². The number of aromatic carboxylic acids is 1. The summed E-state index contributed by atoms with van der Waals surface area (Å²) in [7, 11) is 0. The molecule has 0 unspecified atom stereocenters. The SMILES string of the molecule is CCn1c(SCC(=O)Nc2ccc(-c3cc(C(=O)O)c4ccccc4n3)cc2)nc2ccccc2c1=O. The number of para-hydroxylation sites is 2. The third-order valence-corrected chi connectivity index (χ3v) is 6.86. The van der Waals surface area contributed by atoms with Gasteiger partial charge in [0, 0.05) is 23.2 Å². The molecular formula is C28H22N4O4S. The predicted octanol–water partition coefficient (Wildman–Crippen LogP) is 5.06. The van der Waals surface area contributed by atoms with Gasteiger partial charge in [-0.1, -0.05) is 54.2 Å². The summed E-state index contributed by atoms with van der Waals surface area (Å²) in [5, 5.41) is 14.1. The lowest BCUT2D eigenvalue weighted by atomic mass is 10.0. The molecule has 0 atom stereocenters. The molecule has 5 aromatic rings. The number of nitrogens with one attached hydrogen (secondary N) is 1. The Morgan fingerprint density at radius 1 is 0.919 bits per heavy atom. The minimum Gasteiger partial charge on any atom is -0.478 e. The summed E-state index contributed by atoms with van der Waals surface area (Å²) < 4.78 is 1.57. The molecule has 0 aliphatic carbocycles. The van der Waals surface area contributed by atoms with Gasteiger partial charge in [-0.05, 0) is 43.3 Å². The number of carboxylic acid groups (broad SMARTS) is 1. The third-order valence-electron chi connectivity index (χ3n) is 5.89. The number of rotatable bonds is 7. The van der Waals surface area contributed by atoms with Crippen LogP contribution in [0.4, 0.5) is 5.69 Å². The Morgan fingerprint density at radius 3 is 2.24 bits per heavy atom. The van der Waals surface area contributed by atoms with Gasteiger partial charge < -0.3 is 10.4 Å². The maximum absolute atomic E-state index is 12.8. The molecular weight excluding hydrogens is 488 g/mol. The van der Waals surface area contributed by atoms with Gasteiger partial charge in [-0.15, -0.1) is 0 Å². The van der Waals surface area contributed by atoms with E-state index in [9.17, 15) is 19.5 Å². The number of aromatic nitrogens is 3. The van der Waals surface area contributed by atoms with Crippen molar-refractivity contribution in [2.75, 3.05) is 11.1 Å². The number of anilines is 1. The van der Waals surface area contributed by atoms with E-state index in [1.807, 2.05) is 19.1 Å². The summed E-state index contributed by atoms with van der Waals surface area (Å²) in [6, 6.07) is 22.9. The van der Waals surface area contributed by atoms with E-state index in [2.05, 4.69) is 15.3 Å². The molecule has 2 heterocycles. The lowest BCUT2D eigenvalue weighted by Gasteiger charge is -2.11. The summed E-state index contributed by atoms with van der Waals surface area (Å²) in [5.41, 5.74) is 3.11. The van der Waals surface area contributed by atoms with E-state index < -0.39 is 5.97 Å². The zero-order valence-corrected chi connectivity index (χ0v) is 20.7. The normalized spacial score (nSPS) is 11.1. The monoisotopic (exact) mass is 510 g/mol. The number of nitrogens with zero attached hydrogens (tertiary/aromatic N) is 3. The van der Waals surface area contributed by atoms with Gasteiger partial charge in [-0.2, -0.15) is 0 Å². The smallest absolute Gasteiger partial charge is 0.336 e. The second-order valence-electron chi connectivity index (χ2n) is 8.25. The summed E-state index contributed by atoms with van der Waals surface area (Å²) in [6.07, 6.45) is 0. The van der Waals surface area contributed by atoms with Crippen molar-refractivity contribution in [1.82, 2.24) is 14.5 Å². The van der Waals surface area contributed by atoms with Gasteiger partial charge in [-0.3, -0.25) is 14.2 Å². The van der Waals surface area contributed by atoms with Gasteiger partial charge >= 0.3 is 5.97 Å². The van der Waals surface area contributed by atoms with E-state index in [-0.39, 0.29) is 22.8 Å². The fourth-order valence-corrected chi connectivity index (χ4v) is 4.95. The largest absolute Gasteiger partial charge is 0.478 e. The first-order valence-electron chi connectivity index (χ1n) is 11.6. The molecule has 2 aromatic heterocycles. The third kappa shape index (κ3) is 4.94. The van der Waals surface area contributed by atoms with Gasteiger partial charge in [0.25, 0.3) is 5.56 Å². The average Bonchev–Trinajstić information content (AvgIpc) is 2.91. The Kier molecular flexibility index (Phi) is 6.70.